The van der Waals surface area contributed by atoms with E-state index in [0.29, 0.717) is 48.3 Å². The van der Waals surface area contributed by atoms with Crippen LogP contribution in [0.15, 0.2) is 35.8 Å². The minimum atomic E-state index is -0.583. The second-order valence-corrected chi connectivity index (χ2v) is 14.7. The molecule has 6 atom stereocenters. The van der Waals surface area contributed by atoms with E-state index in [4.69, 9.17) is 18.9 Å². The molecular weight excluding hydrogens is 612 g/mol. The van der Waals surface area contributed by atoms with Crippen molar-refractivity contribution in [3.05, 3.63) is 58.1 Å². The summed E-state index contributed by atoms with van der Waals surface area (Å²) in [6, 6.07) is 4.36. The summed E-state index contributed by atoms with van der Waals surface area (Å²) in [5.41, 5.74) is 3.55. The van der Waals surface area contributed by atoms with E-state index in [1.165, 1.54) is 28.4 Å². The number of nitrogens with zero attached hydrogens (tertiary/aromatic N) is 2. The monoisotopic (exact) mass is 656 g/mol. The number of ketones is 2. The summed E-state index contributed by atoms with van der Waals surface area (Å²) in [6.45, 7) is 1.62. The summed E-state index contributed by atoms with van der Waals surface area (Å²) >= 11 is 0. The molecule has 0 aromatic heterocycles. The quantitative estimate of drug-likeness (QED) is 0.489. The molecule has 48 heavy (non-hydrogen) atoms. The maximum Gasteiger partial charge on any atom is 0.197 e. The van der Waals surface area contributed by atoms with Gasteiger partial charge in [0, 0.05) is 69.8 Å². The van der Waals surface area contributed by atoms with E-state index >= 15 is 0 Å². The van der Waals surface area contributed by atoms with Crippen LogP contribution in [0.1, 0.15) is 47.9 Å². The van der Waals surface area contributed by atoms with Crippen LogP contribution in [-0.4, -0.2) is 99.3 Å². The molecule has 0 spiro atoms. The van der Waals surface area contributed by atoms with Crippen molar-refractivity contribution >= 4 is 11.6 Å². The van der Waals surface area contributed by atoms with E-state index < -0.39 is 10.8 Å². The van der Waals surface area contributed by atoms with Gasteiger partial charge < -0.3 is 39.0 Å². The third-order valence-electron chi connectivity index (χ3n) is 12.9. The molecule has 0 radical (unpaired) electrons. The van der Waals surface area contributed by atoms with Gasteiger partial charge in [-0.05, 0) is 88.3 Å². The van der Waals surface area contributed by atoms with E-state index in [1.54, 1.807) is 0 Å². The molecule has 10 heteroatoms. The molecule has 8 rings (SSSR count). The van der Waals surface area contributed by atoms with Gasteiger partial charge in [-0.3, -0.25) is 9.59 Å². The summed E-state index contributed by atoms with van der Waals surface area (Å²) in [5.74, 6) is 1.29. The Morgan fingerprint density at radius 2 is 1.06 bits per heavy atom. The van der Waals surface area contributed by atoms with Crippen molar-refractivity contribution in [3.63, 3.8) is 0 Å². The molecule has 2 aromatic rings. The molecule has 0 amide bonds. The van der Waals surface area contributed by atoms with Gasteiger partial charge in [-0.2, -0.15) is 0 Å². The predicted molar refractivity (Wildman–Crippen MR) is 178 cm³/mol. The maximum atomic E-state index is 13.3. The van der Waals surface area contributed by atoms with Gasteiger partial charge >= 0.3 is 0 Å². The standard InChI is InChI=1S/C38H44N2O8/c1-39-9-7-37-17-27(41)29(45-3)15-23(37)25(39)13-19-11-21(35(47-5)33(43)31(19)37)22-12-20-14-26-24-16-30(46-4)28(42)18-38(24,8-10-40(26)2)32(20)34(44)36(22)48-6/h11-12,15-16,23-26,43-44H,7-10,13-14,17-18H2,1-6H3/t23-,24-,25-,26-,37+,38+/m1/s1. The number of phenolic OH excluding ortho intramolecular Hbond substituents is 2. The Labute approximate surface area is 280 Å². The first-order chi connectivity index (χ1) is 23.0. The number of allylic oxidation sites excluding steroid dienone is 2. The Kier molecular flexibility index (Phi) is 6.99. The fourth-order valence-corrected chi connectivity index (χ4v) is 10.7. The summed E-state index contributed by atoms with van der Waals surface area (Å²) in [5, 5.41) is 24.4. The van der Waals surface area contributed by atoms with Crippen LogP contribution in [0, 0.1) is 11.8 Å². The zero-order valence-corrected chi connectivity index (χ0v) is 28.5. The number of ether oxygens (including phenoxy) is 4. The van der Waals surface area contributed by atoms with Crippen molar-refractivity contribution in [1.82, 2.24) is 9.80 Å². The van der Waals surface area contributed by atoms with Gasteiger partial charge in [-0.15, -0.1) is 0 Å². The predicted octanol–water partition coefficient (Wildman–Crippen LogP) is 4.02. The van der Waals surface area contributed by atoms with Gasteiger partial charge in [0.1, 0.15) is 0 Å². The molecule has 2 fully saturated rings. The number of hydrogen-bond acceptors (Lipinski definition) is 10. The number of aromatic hydroxyl groups is 2. The van der Waals surface area contributed by atoms with E-state index in [1.807, 2.05) is 12.2 Å². The van der Waals surface area contributed by atoms with Gasteiger partial charge in [0.25, 0.3) is 0 Å². The number of likely N-dealkylation sites (tertiary alicyclic amines) is 2. The lowest BCUT2D eigenvalue weighted by Crippen LogP contribution is -2.60. The van der Waals surface area contributed by atoms with Crippen LogP contribution in [-0.2, 0) is 42.7 Å². The Hall–Kier alpha value is -4.02. The lowest BCUT2D eigenvalue weighted by Gasteiger charge is -2.57. The molecule has 2 saturated heterocycles. The highest BCUT2D eigenvalue weighted by Gasteiger charge is 2.58. The molecule has 2 aliphatic heterocycles. The van der Waals surface area contributed by atoms with Crippen LogP contribution in [0.25, 0.3) is 11.1 Å². The lowest BCUT2D eigenvalue weighted by atomic mass is 9.53. The maximum absolute atomic E-state index is 13.3. The topological polar surface area (TPSA) is 118 Å². The molecule has 2 N–H and O–H groups in total. The number of Topliss-reactive ketones (excluding diaryl/α,β-unsaturated/α-hetero) is 2. The number of fused-ring (bicyclic) bond motifs is 2. The summed E-state index contributed by atoms with van der Waals surface area (Å²) in [6.07, 6.45) is 7.21. The lowest BCUT2D eigenvalue weighted by molar-refractivity contribution is -0.123. The van der Waals surface area contributed by atoms with Crippen LogP contribution in [0.3, 0.4) is 0 Å². The second-order valence-electron chi connectivity index (χ2n) is 14.7. The average molecular weight is 657 g/mol. The number of methoxy groups -OCH3 is 4. The van der Waals surface area contributed by atoms with Gasteiger partial charge in [-0.1, -0.05) is 0 Å². The van der Waals surface area contributed by atoms with Crippen molar-refractivity contribution < 1.29 is 38.7 Å². The SMILES string of the molecule is COC1=C[C@@H]2[C@H]3Cc4cc(-c5cc6c(c(O)c5OC)[C@]57CCN(C)[C@H](C6)[C@H]5C=C(OC)C(=O)C7)c(OC)c(O)c4[C@@]2(CCN3C)CC1=O. The molecule has 0 saturated carbocycles. The second kappa shape index (κ2) is 10.7. The molecular formula is C38H44N2O8. The van der Waals surface area contributed by atoms with Crippen molar-refractivity contribution in [2.45, 2.75) is 61.4 Å². The number of hydrogen-bond donors (Lipinski definition) is 2. The largest absolute Gasteiger partial charge is 0.504 e. The number of likely N-dealkylation sites (N-methyl/N-ethyl adjacent to an activating group) is 2. The Balaban J connectivity index is 1.34. The highest BCUT2D eigenvalue weighted by molar-refractivity contribution is 5.97. The fourth-order valence-electron chi connectivity index (χ4n) is 10.7. The Morgan fingerprint density at radius 3 is 1.42 bits per heavy atom. The molecule has 0 unspecified atom stereocenters. The number of carbonyl (C=O) groups is 2. The average Bonchev–Trinajstić information content (AvgIpc) is 3.06. The number of carbonyl (C=O) groups excluding carboxylic acids is 2. The molecule has 4 aliphatic carbocycles. The Bertz CT molecular complexity index is 1700. The van der Waals surface area contributed by atoms with Gasteiger partial charge in [-0.25, -0.2) is 0 Å². The van der Waals surface area contributed by atoms with Crippen molar-refractivity contribution in [3.8, 4) is 34.1 Å². The zero-order chi connectivity index (χ0) is 33.9. The van der Waals surface area contributed by atoms with Crippen LogP contribution in [0.5, 0.6) is 23.0 Å². The van der Waals surface area contributed by atoms with Crippen LogP contribution in [0.2, 0.25) is 0 Å². The van der Waals surface area contributed by atoms with E-state index in [9.17, 15) is 19.8 Å². The van der Waals surface area contributed by atoms with Crippen LogP contribution < -0.4 is 9.47 Å². The van der Waals surface area contributed by atoms with E-state index in [0.717, 1.165) is 35.3 Å². The number of rotatable bonds is 5. The number of benzene rings is 2. The van der Waals surface area contributed by atoms with Crippen LogP contribution >= 0.6 is 0 Å². The molecule has 10 nitrogen and oxygen atoms in total. The highest BCUT2D eigenvalue weighted by atomic mass is 16.5. The number of piperidine rings is 2. The normalized spacial score (nSPS) is 32.2. The summed E-state index contributed by atoms with van der Waals surface area (Å²) in [4.78, 5) is 31.4. The summed E-state index contributed by atoms with van der Waals surface area (Å²) in [7, 11) is 10.4. The molecule has 4 bridgehead atoms. The zero-order valence-electron chi connectivity index (χ0n) is 28.5. The van der Waals surface area contributed by atoms with Gasteiger partial charge in [0.2, 0.25) is 0 Å². The van der Waals surface area contributed by atoms with E-state index in [-0.39, 0.29) is 71.3 Å². The number of phenols is 2. The van der Waals surface area contributed by atoms with Crippen molar-refractivity contribution in [2.75, 3.05) is 55.6 Å². The first-order valence-corrected chi connectivity index (χ1v) is 16.9. The smallest absolute Gasteiger partial charge is 0.197 e. The molecule has 2 aromatic carbocycles. The van der Waals surface area contributed by atoms with Gasteiger partial charge in [0.15, 0.2) is 46.1 Å². The fraction of sp³-hybridized carbons (Fsp3) is 0.526. The minimum Gasteiger partial charge on any atom is -0.504 e. The molecule has 2 heterocycles. The minimum absolute atomic E-state index is 0.00494. The Morgan fingerprint density at radius 1 is 0.667 bits per heavy atom. The molecule has 6 aliphatic rings. The van der Waals surface area contributed by atoms with Crippen LogP contribution in [0.4, 0.5) is 0 Å². The van der Waals surface area contributed by atoms with Crippen molar-refractivity contribution in [2.24, 2.45) is 11.8 Å². The third kappa shape index (κ3) is 3.93. The van der Waals surface area contributed by atoms with Crippen molar-refractivity contribution in [1.29, 1.82) is 0 Å². The van der Waals surface area contributed by atoms with E-state index in [2.05, 4.69) is 36.0 Å². The van der Waals surface area contributed by atoms with Gasteiger partial charge in [0.05, 0.1) is 28.4 Å². The first kappa shape index (κ1) is 31.3. The highest BCUT2D eigenvalue weighted by Crippen LogP contribution is 2.62. The third-order valence-corrected chi connectivity index (χ3v) is 12.9. The molecule has 254 valence electrons. The summed E-state index contributed by atoms with van der Waals surface area (Å²) < 4.78 is 23.0. The first-order valence-electron chi connectivity index (χ1n) is 16.9.